The lowest BCUT2D eigenvalue weighted by Gasteiger charge is -2.14. The predicted molar refractivity (Wildman–Crippen MR) is 63.5 cm³/mol. The van der Waals surface area contributed by atoms with Crippen LogP contribution in [0.25, 0.3) is 0 Å². The first-order chi connectivity index (χ1) is 7.72. The van der Waals surface area contributed by atoms with Gasteiger partial charge >= 0.3 is 0 Å². The van der Waals surface area contributed by atoms with Gasteiger partial charge in [-0.05, 0) is 13.3 Å². The number of hydrogen-bond acceptors (Lipinski definition) is 4. The van der Waals surface area contributed by atoms with Crippen LogP contribution in [-0.2, 0) is 14.3 Å². The quantitative estimate of drug-likeness (QED) is 0.543. The van der Waals surface area contributed by atoms with Crippen LogP contribution in [0.5, 0.6) is 0 Å². The Labute approximate surface area is 98.1 Å². The summed E-state index contributed by atoms with van der Waals surface area (Å²) >= 11 is 0. The molecule has 0 aromatic rings. The number of nitrogens with one attached hydrogen (secondary N) is 1. The Bertz CT molecular complexity index is 177. The van der Waals surface area contributed by atoms with Crippen molar-refractivity contribution in [3.05, 3.63) is 0 Å². The number of likely N-dealkylation sites (N-methyl/N-ethyl adjacent to an activating group) is 1. The summed E-state index contributed by atoms with van der Waals surface area (Å²) in [5.41, 5.74) is 0. The Morgan fingerprint density at radius 1 is 1.31 bits per heavy atom. The van der Waals surface area contributed by atoms with E-state index in [4.69, 9.17) is 9.47 Å². The van der Waals surface area contributed by atoms with Gasteiger partial charge in [-0.3, -0.25) is 4.79 Å². The van der Waals surface area contributed by atoms with E-state index in [-0.39, 0.29) is 5.91 Å². The van der Waals surface area contributed by atoms with Gasteiger partial charge in [-0.25, -0.2) is 0 Å². The molecule has 0 rings (SSSR count). The normalized spacial score (nSPS) is 10.4. The zero-order valence-corrected chi connectivity index (χ0v) is 10.6. The number of amides is 1. The highest BCUT2D eigenvalue weighted by Crippen LogP contribution is 1.84. The van der Waals surface area contributed by atoms with Gasteiger partial charge in [-0.1, -0.05) is 0 Å². The lowest BCUT2D eigenvalue weighted by Crippen LogP contribution is -2.36. The second-order valence-electron chi connectivity index (χ2n) is 3.54. The monoisotopic (exact) mass is 232 g/mol. The minimum atomic E-state index is 0.113. The summed E-state index contributed by atoms with van der Waals surface area (Å²) < 4.78 is 10.2. The van der Waals surface area contributed by atoms with Crippen molar-refractivity contribution in [2.75, 3.05) is 53.6 Å². The Morgan fingerprint density at radius 3 is 2.69 bits per heavy atom. The largest absolute Gasteiger partial charge is 0.385 e. The Hall–Kier alpha value is -0.650. The van der Waals surface area contributed by atoms with Crippen LogP contribution >= 0.6 is 0 Å². The van der Waals surface area contributed by atoms with Gasteiger partial charge in [0.05, 0.1) is 13.2 Å². The van der Waals surface area contributed by atoms with Gasteiger partial charge < -0.3 is 19.7 Å². The molecule has 0 aromatic carbocycles. The zero-order valence-electron chi connectivity index (χ0n) is 10.6. The molecule has 1 N–H and O–H groups in total. The van der Waals surface area contributed by atoms with Gasteiger partial charge in [0.1, 0.15) is 0 Å². The van der Waals surface area contributed by atoms with Gasteiger partial charge in [-0.2, -0.15) is 0 Å². The van der Waals surface area contributed by atoms with E-state index in [1.165, 1.54) is 0 Å². The van der Waals surface area contributed by atoms with Crippen molar-refractivity contribution >= 4 is 5.91 Å². The van der Waals surface area contributed by atoms with Crippen LogP contribution in [0.4, 0.5) is 0 Å². The molecule has 0 spiro atoms. The van der Waals surface area contributed by atoms with Crippen LogP contribution in [0.2, 0.25) is 0 Å². The Balaban J connectivity index is 3.18. The Morgan fingerprint density at radius 2 is 2.06 bits per heavy atom. The molecule has 1 amide bonds. The smallest absolute Gasteiger partial charge is 0.236 e. The molecule has 0 heterocycles. The molecule has 0 atom stereocenters. The van der Waals surface area contributed by atoms with Crippen molar-refractivity contribution in [1.82, 2.24) is 10.2 Å². The highest BCUT2D eigenvalue weighted by atomic mass is 16.5. The van der Waals surface area contributed by atoms with Crippen molar-refractivity contribution in [2.24, 2.45) is 0 Å². The summed E-state index contributed by atoms with van der Waals surface area (Å²) in [6, 6.07) is 0. The highest BCUT2D eigenvalue weighted by molar-refractivity contribution is 5.77. The maximum absolute atomic E-state index is 11.4. The number of carbonyl (C=O) groups excluding carboxylic acids is 1. The molecule has 0 aliphatic heterocycles. The molecule has 0 radical (unpaired) electrons. The number of carbonyl (C=O) groups is 1. The van der Waals surface area contributed by atoms with Crippen molar-refractivity contribution in [1.29, 1.82) is 0 Å². The second kappa shape index (κ2) is 10.9. The van der Waals surface area contributed by atoms with Crippen LogP contribution < -0.4 is 5.32 Å². The molecule has 96 valence electrons. The molecular formula is C11H24N2O3. The molecule has 0 aliphatic rings. The molecule has 5 heteroatoms. The third-order valence-corrected chi connectivity index (χ3v) is 2.24. The van der Waals surface area contributed by atoms with Gasteiger partial charge in [0.15, 0.2) is 0 Å². The first kappa shape index (κ1) is 15.3. The molecule has 0 aromatic heterocycles. The first-order valence-electron chi connectivity index (χ1n) is 5.73. The van der Waals surface area contributed by atoms with E-state index in [2.05, 4.69) is 5.32 Å². The zero-order chi connectivity index (χ0) is 12.2. The van der Waals surface area contributed by atoms with Gasteiger partial charge in [0, 0.05) is 40.5 Å². The van der Waals surface area contributed by atoms with Crippen molar-refractivity contribution in [3.8, 4) is 0 Å². The SMILES string of the molecule is CCN(C)C(=O)CNCCOCCCOC. The number of ether oxygens (including phenoxy) is 2. The van der Waals surface area contributed by atoms with E-state index < -0.39 is 0 Å². The summed E-state index contributed by atoms with van der Waals surface area (Å²) in [4.78, 5) is 13.0. The van der Waals surface area contributed by atoms with Crippen molar-refractivity contribution in [3.63, 3.8) is 0 Å². The number of rotatable bonds is 10. The van der Waals surface area contributed by atoms with Crippen molar-refractivity contribution < 1.29 is 14.3 Å². The lowest BCUT2D eigenvalue weighted by atomic mass is 10.5. The summed E-state index contributed by atoms with van der Waals surface area (Å²) in [6.07, 6.45) is 0.911. The molecular weight excluding hydrogens is 208 g/mol. The van der Waals surface area contributed by atoms with E-state index in [9.17, 15) is 4.79 Å². The molecule has 0 saturated heterocycles. The lowest BCUT2D eigenvalue weighted by molar-refractivity contribution is -0.128. The summed E-state index contributed by atoms with van der Waals surface area (Å²) in [6.45, 7) is 5.85. The maximum atomic E-state index is 11.4. The van der Waals surface area contributed by atoms with Gasteiger partial charge in [0.2, 0.25) is 5.91 Å². The summed E-state index contributed by atoms with van der Waals surface area (Å²) in [5.74, 6) is 0.113. The second-order valence-corrected chi connectivity index (χ2v) is 3.54. The fraction of sp³-hybridized carbons (Fsp3) is 0.909. The standard InChI is InChI=1S/C11H24N2O3/c1-4-13(2)11(14)10-12-6-9-16-8-5-7-15-3/h12H,4-10H2,1-3H3. The van der Waals surface area contributed by atoms with Crippen LogP contribution in [0, 0.1) is 0 Å². The van der Waals surface area contributed by atoms with Crippen LogP contribution in [0.1, 0.15) is 13.3 Å². The van der Waals surface area contributed by atoms with E-state index >= 15 is 0 Å². The molecule has 0 fully saturated rings. The van der Waals surface area contributed by atoms with Crippen molar-refractivity contribution in [2.45, 2.75) is 13.3 Å². The fourth-order valence-electron chi connectivity index (χ4n) is 1.06. The van der Waals surface area contributed by atoms with E-state index in [0.717, 1.165) is 19.6 Å². The summed E-state index contributed by atoms with van der Waals surface area (Å²) in [7, 11) is 3.47. The molecule has 0 saturated carbocycles. The van der Waals surface area contributed by atoms with E-state index in [1.54, 1.807) is 19.1 Å². The molecule has 5 nitrogen and oxygen atoms in total. The van der Waals surface area contributed by atoms with Crippen LogP contribution in [0.3, 0.4) is 0 Å². The van der Waals surface area contributed by atoms with Crippen LogP contribution in [-0.4, -0.2) is 64.4 Å². The highest BCUT2D eigenvalue weighted by Gasteiger charge is 2.04. The predicted octanol–water partition coefficient (Wildman–Crippen LogP) is 0.107. The number of methoxy groups -OCH3 is 1. The average molecular weight is 232 g/mol. The molecule has 0 unspecified atom stereocenters. The summed E-state index contributed by atoms with van der Waals surface area (Å²) in [5, 5.41) is 3.04. The fourth-order valence-corrected chi connectivity index (χ4v) is 1.06. The van der Waals surface area contributed by atoms with E-state index in [0.29, 0.717) is 26.3 Å². The van der Waals surface area contributed by atoms with Gasteiger partial charge in [0.25, 0.3) is 0 Å². The molecule has 16 heavy (non-hydrogen) atoms. The van der Waals surface area contributed by atoms with Crippen LogP contribution in [0.15, 0.2) is 0 Å². The minimum absolute atomic E-state index is 0.113. The number of nitrogens with zero attached hydrogens (tertiary/aromatic N) is 1. The molecule has 0 aliphatic carbocycles. The number of hydrogen-bond donors (Lipinski definition) is 1. The topological polar surface area (TPSA) is 50.8 Å². The van der Waals surface area contributed by atoms with E-state index in [1.807, 2.05) is 6.92 Å². The third-order valence-electron chi connectivity index (χ3n) is 2.24. The molecule has 0 bridgehead atoms. The first-order valence-corrected chi connectivity index (χ1v) is 5.73. The average Bonchev–Trinajstić information content (AvgIpc) is 2.31. The third kappa shape index (κ3) is 8.64. The van der Waals surface area contributed by atoms with Gasteiger partial charge in [-0.15, -0.1) is 0 Å². The minimum Gasteiger partial charge on any atom is -0.385 e. The maximum Gasteiger partial charge on any atom is 0.236 e. The Kier molecular flexibility index (Phi) is 10.4.